The average molecular weight is 195 g/mol. The van der Waals surface area contributed by atoms with Crippen LogP contribution in [0.15, 0.2) is 0 Å². The van der Waals surface area contributed by atoms with Crippen LogP contribution in [-0.2, 0) is 4.79 Å². The molecule has 0 aromatic carbocycles. The van der Waals surface area contributed by atoms with Crippen molar-refractivity contribution < 1.29 is 15.0 Å². The first kappa shape index (κ1) is 9.73. The normalized spacial score (nSPS) is 35.7. The number of amides is 1. The first-order valence-electron chi connectivity index (χ1n) is 3.57. The zero-order valence-electron chi connectivity index (χ0n) is 6.35. The number of alkyl halides is 1. The van der Waals surface area contributed by atoms with E-state index in [0.29, 0.717) is 0 Å². The number of carbonyl (C=O) groups excluding carboxylic acids is 1. The molecule has 5 nitrogen and oxygen atoms in total. The van der Waals surface area contributed by atoms with Crippen molar-refractivity contribution in [2.45, 2.75) is 17.7 Å². The van der Waals surface area contributed by atoms with E-state index in [2.05, 4.69) is 0 Å². The Morgan fingerprint density at radius 1 is 1.67 bits per heavy atom. The Morgan fingerprint density at radius 2 is 2.25 bits per heavy atom. The molecule has 1 heterocycles. The van der Waals surface area contributed by atoms with Crippen LogP contribution in [0, 0.1) is 0 Å². The van der Waals surface area contributed by atoms with E-state index in [1.165, 1.54) is 0 Å². The van der Waals surface area contributed by atoms with Gasteiger partial charge in [-0.2, -0.15) is 0 Å². The van der Waals surface area contributed by atoms with Gasteiger partial charge in [-0.05, 0) is 0 Å². The van der Waals surface area contributed by atoms with Gasteiger partial charge in [0, 0.05) is 0 Å². The number of nitrogens with zero attached hydrogens (tertiary/aromatic N) is 1. The van der Waals surface area contributed by atoms with Crippen molar-refractivity contribution in [3.05, 3.63) is 0 Å². The molecule has 3 atom stereocenters. The van der Waals surface area contributed by atoms with Gasteiger partial charge < -0.3 is 20.8 Å². The Hall–Kier alpha value is -0.360. The number of likely N-dealkylation sites (tertiary alicyclic amines) is 1. The van der Waals surface area contributed by atoms with Gasteiger partial charge in [-0.25, -0.2) is 0 Å². The van der Waals surface area contributed by atoms with Gasteiger partial charge in [0.05, 0.1) is 13.1 Å². The molecule has 1 rings (SSSR count). The third-order valence-corrected chi connectivity index (χ3v) is 2.35. The lowest BCUT2D eigenvalue weighted by Crippen LogP contribution is -2.39. The monoisotopic (exact) mass is 194 g/mol. The Balaban J connectivity index is 2.64. The van der Waals surface area contributed by atoms with Crippen molar-refractivity contribution in [3.8, 4) is 0 Å². The molecule has 1 saturated heterocycles. The van der Waals surface area contributed by atoms with E-state index in [0.717, 1.165) is 4.90 Å². The highest BCUT2D eigenvalue weighted by atomic mass is 35.5. The molecule has 4 N–H and O–H groups in total. The van der Waals surface area contributed by atoms with Crippen LogP contribution in [0.25, 0.3) is 0 Å². The van der Waals surface area contributed by atoms with Crippen molar-refractivity contribution in [2.75, 3.05) is 13.1 Å². The van der Waals surface area contributed by atoms with E-state index in [1.807, 2.05) is 0 Å². The number of β-amino-alcohol motifs (C(OH)–C–C–N with tert-alkyl or cyclic N) is 1. The smallest absolute Gasteiger partial charge is 0.237 e. The highest BCUT2D eigenvalue weighted by Gasteiger charge is 2.40. The van der Waals surface area contributed by atoms with Crippen LogP contribution in [-0.4, -0.2) is 51.8 Å². The molecule has 1 unspecified atom stereocenters. The molecule has 0 aromatic rings. The summed E-state index contributed by atoms with van der Waals surface area (Å²) < 4.78 is 0. The van der Waals surface area contributed by atoms with Gasteiger partial charge >= 0.3 is 0 Å². The molecule has 0 radical (unpaired) electrons. The Bertz CT molecular complexity index is 190. The molecule has 70 valence electrons. The van der Waals surface area contributed by atoms with Gasteiger partial charge in [0.15, 0.2) is 0 Å². The number of nitrogens with two attached hydrogens (primary N) is 1. The minimum Gasteiger partial charge on any atom is -0.388 e. The third-order valence-electron chi connectivity index (χ3n) is 1.85. The molecule has 1 fully saturated rings. The van der Waals surface area contributed by atoms with E-state index >= 15 is 0 Å². The first-order valence-corrected chi connectivity index (χ1v) is 4.01. The zero-order chi connectivity index (χ0) is 9.30. The number of hydrogen-bond acceptors (Lipinski definition) is 4. The quantitative estimate of drug-likeness (QED) is 0.335. The minimum atomic E-state index is -1.08. The minimum absolute atomic E-state index is 0.0470. The average Bonchev–Trinajstić information content (AvgIpc) is 2.32. The van der Waals surface area contributed by atoms with Crippen LogP contribution in [0.3, 0.4) is 0 Å². The number of hydrogen-bond donors (Lipinski definition) is 3. The molecule has 0 spiro atoms. The molecular formula is C6H11ClN2O3. The first-order chi connectivity index (χ1) is 5.57. The summed E-state index contributed by atoms with van der Waals surface area (Å²) in [6.45, 7) is -0.117. The maximum absolute atomic E-state index is 11.0. The molecule has 0 aromatic heterocycles. The van der Waals surface area contributed by atoms with E-state index < -0.39 is 17.7 Å². The fraction of sp³-hybridized carbons (Fsp3) is 0.833. The van der Waals surface area contributed by atoms with E-state index in [9.17, 15) is 4.79 Å². The highest BCUT2D eigenvalue weighted by Crippen LogP contribution is 2.21. The van der Waals surface area contributed by atoms with Gasteiger partial charge in [0.1, 0.15) is 17.7 Å². The van der Waals surface area contributed by atoms with Crippen LogP contribution in [0.4, 0.5) is 0 Å². The fourth-order valence-electron chi connectivity index (χ4n) is 1.13. The topological polar surface area (TPSA) is 86.8 Å². The van der Waals surface area contributed by atoms with Gasteiger partial charge in [0.2, 0.25) is 5.91 Å². The number of aliphatic hydroxyl groups excluding tert-OH is 2. The van der Waals surface area contributed by atoms with Crippen molar-refractivity contribution >= 4 is 17.5 Å². The zero-order valence-corrected chi connectivity index (χ0v) is 7.11. The van der Waals surface area contributed by atoms with E-state index in [4.69, 9.17) is 27.5 Å². The number of carbonyl (C=O) groups is 1. The lowest BCUT2D eigenvalue weighted by Gasteiger charge is -2.19. The lowest BCUT2D eigenvalue weighted by molar-refractivity contribution is -0.129. The standard InChI is InChI=1S/C6H11ClN2O3/c7-6-5(12)3(10)2-9(6)4(11)1-8/h3,5-6,10,12H,1-2,8H2/t3-,5+,6?/m1/s1. The van der Waals surface area contributed by atoms with Crippen molar-refractivity contribution in [3.63, 3.8) is 0 Å². The van der Waals surface area contributed by atoms with Gasteiger partial charge in [-0.15, -0.1) is 0 Å². The summed E-state index contributed by atoms with van der Waals surface area (Å²) in [5.41, 5.74) is 4.23. The number of rotatable bonds is 1. The highest BCUT2D eigenvalue weighted by molar-refractivity contribution is 6.22. The number of halogens is 1. The van der Waals surface area contributed by atoms with Gasteiger partial charge in [-0.1, -0.05) is 11.6 Å². The fourth-order valence-corrected chi connectivity index (χ4v) is 1.49. The predicted molar refractivity (Wildman–Crippen MR) is 42.4 cm³/mol. The molecule has 0 bridgehead atoms. The Labute approximate surface area is 74.7 Å². The summed E-state index contributed by atoms with van der Waals surface area (Å²) in [6.07, 6.45) is -2.05. The summed E-state index contributed by atoms with van der Waals surface area (Å²) in [4.78, 5) is 12.2. The Morgan fingerprint density at radius 3 is 2.58 bits per heavy atom. The second-order valence-electron chi connectivity index (χ2n) is 2.68. The van der Waals surface area contributed by atoms with E-state index in [1.54, 1.807) is 0 Å². The van der Waals surface area contributed by atoms with Crippen molar-refractivity contribution in [1.82, 2.24) is 4.90 Å². The second-order valence-corrected chi connectivity index (χ2v) is 3.13. The summed E-state index contributed by atoms with van der Waals surface area (Å²) in [6, 6.07) is 0. The molecule has 12 heavy (non-hydrogen) atoms. The summed E-state index contributed by atoms with van der Waals surface area (Å²) in [5, 5.41) is 18.3. The predicted octanol–water partition coefficient (Wildman–Crippen LogP) is -1.93. The summed E-state index contributed by atoms with van der Waals surface area (Å²) >= 11 is 5.64. The largest absolute Gasteiger partial charge is 0.388 e. The maximum Gasteiger partial charge on any atom is 0.237 e. The van der Waals surface area contributed by atoms with Crippen LogP contribution in [0.1, 0.15) is 0 Å². The molecule has 1 aliphatic rings. The van der Waals surface area contributed by atoms with Crippen LogP contribution in [0.2, 0.25) is 0 Å². The SMILES string of the molecule is NCC(=O)N1C[C@@H](O)[C@H](O)C1Cl. The molecule has 6 heteroatoms. The Kier molecular flexibility index (Phi) is 2.89. The number of aliphatic hydroxyl groups is 2. The summed E-state index contributed by atoms with van der Waals surface area (Å²) in [5.74, 6) is -0.370. The molecular weight excluding hydrogens is 184 g/mol. The van der Waals surface area contributed by atoms with Crippen LogP contribution in [0.5, 0.6) is 0 Å². The molecule has 0 aliphatic carbocycles. The van der Waals surface area contributed by atoms with Crippen LogP contribution >= 0.6 is 11.6 Å². The molecule has 0 saturated carbocycles. The van der Waals surface area contributed by atoms with Gasteiger partial charge in [0.25, 0.3) is 0 Å². The van der Waals surface area contributed by atoms with Crippen molar-refractivity contribution in [1.29, 1.82) is 0 Å². The molecule has 1 amide bonds. The van der Waals surface area contributed by atoms with Gasteiger partial charge in [-0.3, -0.25) is 4.79 Å². The summed E-state index contributed by atoms with van der Waals surface area (Å²) in [7, 11) is 0. The lowest BCUT2D eigenvalue weighted by atomic mass is 10.3. The van der Waals surface area contributed by atoms with Crippen LogP contribution < -0.4 is 5.73 Å². The van der Waals surface area contributed by atoms with E-state index in [-0.39, 0.29) is 19.0 Å². The third kappa shape index (κ3) is 1.54. The second kappa shape index (κ2) is 3.57. The molecule has 1 aliphatic heterocycles. The maximum atomic E-state index is 11.0. The van der Waals surface area contributed by atoms with Crippen molar-refractivity contribution in [2.24, 2.45) is 5.73 Å².